The maximum absolute atomic E-state index is 12.8. The maximum atomic E-state index is 12.8. The highest BCUT2D eigenvalue weighted by molar-refractivity contribution is 7.92. The zero-order chi connectivity index (χ0) is 27.0. The summed E-state index contributed by atoms with van der Waals surface area (Å²) in [4.78, 5) is 37.2. The van der Waals surface area contributed by atoms with E-state index >= 15 is 0 Å². The minimum Gasteiger partial charge on any atom is -0.449 e. The van der Waals surface area contributed by atoms with Gasteiger partial charge in [0.05, 0.1) is 6.54 Å². The molecule has 12 heteroatoms. The van der Waals surface area contributed by atoms with Crippen LogP contribution in [-0.2, 0) is 31.3 Å². The predicted molar refractivity (Wildman–Crippen MR) is 132 cm³/mol. The molecule has 1 aliphatic carbocycles. The van der Waals surface area contributed by atoms with Crippen LogP contribution >= 0.6 is 0 Å². The van der Waals surface area contributed by atoms with E-state index in [1.807, 2.05) is 24.3 Å². The summed E-state index contributed by atoms with van der Waals surface area (Å²) in [6.07, 6.45) is 3.43. The van der Waals surface area contributed by atoms with Gasteiger partial charge in [-0.2, -0.15) is 0 Å². The number of hydroxylamine groups is 1. The number of carbonyl (C=O) groups is 3. The van der Waals surface area contributed by atoms with Crippen LogP contribution in [0.2, 0.25) is 0 Å². The third kappa shape index (κ3) is 5.19. The van der Waals surface area contributed by atoms with Crippen molar-refractivity contribution < 1.29 is 32.7 Å². The summed E-state index contributed by atoms with van der Waals surface area (Å²) < 4.78 is 28.9. The van der Waals surface area contributed by atoms with E-state index in [1.165, 1.54) is 21.9 Å². The van der Waals surface area contributed by atoms with Crippen LogP contribution < -0.4 is 11.2 Å². The summed E-state index contributed by atoms with van der Waals surface area (Å²) in [5.41, 5.74) is 9.52. The molecule has 0 unspecified atom stereocenters. The number of fused-ring (bicyclic) bond motifs is 1. The average molecular weight is 529 g/mol. The van der Waals surface area contributed by atoms with Gasteiger partial charge < -0.3 is 15.4 Å². The van der Waals surface area contributed by atoms with Gasteiger partial charge in [-0.3, -0.25) is 14.6 Å². The number of hydrogen-bond donors (Lipinski definition) is 3. The molecule has 0 bridgehead atoms. The van der Waals surface area contributed by atoms with Crippen molar-refractivity contribution in [1.29, 1.82) is 0 Å². The maximum Gasteiger partial charge on any atom is 0.404 e. The van der Waals surface area contributed by atoms with E-state index in [2.05, 4.69) is 11.8 Å². The number of amides is 3. The molecule has 1 aliphatic heterocycles. The van der Waals surface area contributed by atoms with Crippen LogP contribution in [0.25, 0.3) is 0 Å². The smallest absolute Gasteiger partial charge is 0.404 e. The quantitative estimate of drug-likeness (QED) is 0.266. The highest BCUT2D eigenvalue weighted by Crippen LogP contribution is 2.48. The Labute approximate surface area is 214 Å². The van der Waals surface area contributed by atoms with Gasteiger partial charge in [0.1, 0.15) is 6.61 Å². The van der Waals surface area contributed by atoms with Crippen LogP contribution in [0.1, 0.15) is 48.6 Å². The van der Waals surface area contributed by atoms with E-state index in [1.54, 1.807) is 12.3 Å². The van der Waals surface area contributed by atoms with Crippen LogP contribution in [-0.4, -0.2) is 65.3 Å². The number of sulfone groups is 1. The Bertz CT molecular complexity index is 1420. The van der Waals surface area contributed by atoms with Crippen LogP contribution in [0.15, 0.2) is 36.5 Å². The summed E-state index contributed by atoms with van der Waals surface area (Å²) >= 11 is 0. The molecule has 1 atom stereocenters. The fourth-order valence-electron chi connectivity index (χ4n) is 4.33. The highest BCUT2D eigenvalue weighted by atomic mass is 32.2. The molecule has 37 heavy (non-hydrogen) atoms. The Kier molecular flexibility index (Phi) is 6.79. The fraction of sp³-hybridized carbons (Fsp3) is 0.400. The average Bonchev–Trinajstić information content (AvgIpc) is 3.46. The molecule has 1 aromatic heterocycles. The molecule has 11 nitrogen and oxygen atoms in total. The predicted octanol–water partition coefficient (Wildman–Crippen LogP) is 1.50. The number of nitrogens with zero attached hydrogens (tertiary/aromatic N) is 2. The first-order valence-corrected chi connectivity index (χ1v) is 13.5. The van der Waals surface area contributed by atoms with E-state index < -0.39 is 26.6 Å². The first kappa shape index (κ1) is 26.2. The second-order valence-corrected chi connectivity index (χ2v) is 12.1. The van der Waals surface area contributed by atoms with Crippen molar-refractivity contribution >= 4 is 27.9 Å². The van der Waals surface area contributed by atoms with Crippen molar-refractivity contribution in [2.24, 2.45) is 5.73 Å². The molecule has 1 fully saturated rings. The molecular formula is C25H28N4O7S. The van der Waals surface area contributed by atoms with E-state index in [9.17, 15) is 22.8 Å². The molecule has 4 rings (SSSR count). The number of rotatable bonds is 8. The molecule has 2 heterocycles. The first-order chi connectivity index (χ1) is 17.4. The van der Waals surface area contributed by atoms with Crippen LogP contribution in [0.5, 0.6) is 0 Å². The molecule has 1 aromatic carbocycles. The summed E-state index contributed by atoms with van der Waals surface area (Å²) in [5.74, 6) is 5.08. The Morgan fingerprint density at radius 2 is 1.86 bits per heavy atom. The lowest BCUT2D eigenvalue weighted by Gasteiger charge is -2.27. The lowest BCUT2D eigenvalue weighted by atomic mass is 9.96. The Morgan fingerprint density at radius 1 is 1.22 bits per heavy atom. The van der Waals surface area contributed by atoms with Gasteiger partial charge in [-0.1, -0.05) is 24.0 Å². The van der Waals surface area contributed by atoms with Gasteiger partial charge in [0.25, 0.3) is 5.91 Å². The molecule has 2 aromatic rings. The van der Waals surface area contributed by atoms with Crippen molar-refractivity contribution in [3.8, 4) is 11.8 Å². The molecule has 0 saturated heterocycles. The zero-order valence-corrected chi connectivity index (χ0v) is 21.3. The summed E-state index contributed by atoms with van der Waals surface area (Å²) in [6, 6.07) is 9.15. The Balaban J connectivity index is 1.40. The largest absolute Gasteiger partial charge is 0.449 e. The van der Waals surface area contributed by atoms with Crippen molar-refractivity contribution in [2.45, 2.75) is 42.9 Å². The molecular weight excluding hydrogens is 500 g/mol. The van der Waals surface area contributed by atoms with E-state index in [4.69, 9.17) is 15.7 Å². The number of benzene rings is 1. The number of hydrogen-bond acceptors (Lipinski definition) is 7. The van der Waals surface area contributed by atoms with Crippen LogP contribution in [0, 0.1) is 11.8 Å². The third-order valence-corrected chi connectivity index (χ3v) is 9.21. The van der Waals surface area contributed by atoms with Gasteiger partial charge in [0.2, 0.25) is 0 Å². The van der Waals surface area contributed by atoms with E-state index in [0.717, 1.165) is 30.2 Å². The van der Waals surface area contributed by atoms with Crippen molar-refractivity contribution in [1.82, 2.24) is 14.9 Å². The normalized spacial score (nSPS) is 17.3. The minimum absolute atomic E-state index is 0.0107. The van der Waals surface area contributed by atoms with Gasteiger partial charge >= 0.3 is 12.1 Å². The molecule has 1 saturated carbocycles. The van der Waals surface area contributed by atoms with Crippen molar-refractivity contribution in [2.75, 3.05) is 19.4 Å². The van der Waals surface area contributed by atoms with Gasteiger partial charge in [-0.05, 0) is 49.9 Å². The zero-order valence-electron chi connectivity index (χ0n) is 20.5. The first-order valence-electron chi connectivity index (χ1n) is 11.6. The summed E-state index contributed by atoms with van der Waals surface area (Å²) in [6.45, 7) is 1.73. The second-order valence-electron chi connectivity index (χ2n) is 9.70. The fourth-order valence-corrected chi connectivity index (χ4v) is 5.17. The van der Waals surface area contributed by atoms with Gasteiger partial charge in [-0.15, -0.1) is 0 Å². The van der Waals surface area contributed by atoms with Crippen LogP contribution in [0.4, 0.5) is 9.59 Å². The van der Waals surface area contributed by atoms with Crippen LogP contribution in [0.3, 0.4) is 0 Å². The monoisotopic (exact) mass is 528 g/mol. The number of nitrogens with one attached hydrogen (secondary N) is 1. The topological polar surface area (TPSA) is 161 Å². The molecule has 2 aliphatic rings. The van der Waals surface area contributed by atoms with E-state index in [-0.39, 0.29) is 37.6 Å². The highest BCUT2D eigenvalue weighted by Gasteiger charge is 2.46. The molecule has 3 amide bonds. The Morgan fingerprint density at radius 3 is 2.41 bits per heavy atom. The number of carbonyl (C=O) groups excluding carboxylic acids is 3. The van der Waals surface area contributed by atoms with Crippen molar-refractivity contribution in [3.05, 3.63) is 58.9 Å². The summed E-state index contributed by atoms with van der Waals surface area (Å²) in [5, 5.41) is 8.96. The molecule has 196 valence electrons. The second kappa shape index (κ2) is 9.57. The summed E-state index contributed by atoms with van der Waals surface area (Å²) in [7, 11) is -3.85. The lowest BCUT2D eigenvalue weighted by Crippen LogP contribution is -2.50. The number of nitrogens with two attached hydrogens (primary N) is 1. The Hall–Kier alpha value is -3.82. The van der Waals surface area contributed by atoms with Crippen molar-refractivity contribution in [3.63, 3.8) is 0 Å². The number of primary amides is 1. The van der Waals surface area contributed by atoms with Gasteiger partial charge in [0, 0.05) is 41.2 Å². The number of ether oxygens (including phenoxy) is 1. The third-order valence-electron chi connectivity index (χ3n) is 7.18. The van der Waals surface area contributed by atoms with Gasteiger partial charge in [0.15, 0.2) is 14.6 Å². The standard InChI is InChI=1S/C25H28N4O7S/c1-24(21(30)27-33,37(2,34)35)11-12-28-15-20-13-18(14-29(20)23(28)32)4-3-17-5-7-19(8-6-17)25(9-10-25)16-36-22(26)31/h5-8,13-14,33H,9-12,15-16H2,1-2H3,(H2,26,31)(H,27,30)/t24-/m1/s1. The molecule has 0 radical (unpaired) electrons. The SMILES string of the molecule is C[C@@](CCN1Cc2cc(C#Cc3ccc(C4(COC(N)=O)CC4)cc3)cn2C1=O)(C(=O)NO)S(C)(=O)=O. The minimum atomic E-state index is -3.85. The lowest BCUT2D eigenvalue weighted by molar-refractivity contribution is -0.131. The van der Waals surface area contributed by atoms with E-state index in [0.29, 0.717) is 11.3 Å². The molecule has 0 spiro atoms. The number of aromatic nitrogens is 1. The van der Waals surface area contributed by atoms with Gasteiger partial charge in [-0.25, -0.2) is 23.5 Å². The molecule has 4 N–H and O–H groups in total.